The average Bonchev–Trinajstić information content (AvgIpc) is 2.39. The number of hydrogen-bond donors (Lipinski definition) is 1. The van der Waals surface area contributed by atoms with Crippen LogP contribution in [0.2, 0.25) is 0 Å². The minimum Gasteiger partial charge on any atom is -0.366 e. The summed E-state index contributed by atoms with van der Waals surface area (Å²) in [4.78, 5) is 11.3. The molecule has 0 radical (unpaired) electrons. The molecule has 0 saturated carbocycles. The monoisotopic (exact) mass is 264 g/mol. The highest BCUT2D eigenvalue weighted by Crippen LogP contribution is 2.12. The molecular weight excluding hydrogens is 236 g/mol. The van der Waals surface area contributed by atoms with E-state index in [9.17, 15) is 0 Å². The van der Waals surface area contributed by atoms with Crippen LogP contribution in [0.15, 0.2) is 6.20 Å². The molecule has 0 spiro atoms. The summed E-state index contributed by atoms with van der Waals surface area (Å²) in [6.07, 6.45) is 4.19. The summed E-state index contributed by atoms with van der Waals surface area (Å²) in [6, 6.07) is 0.436. The minimum atomic E-state index is 0.436. The van der Waals surface area contributed by atoms with Gasteiger partial charge < -0.3 is 10.2 Å². The van der Waals surface area contributed by atoms with Crippen molar-refractivity contribution in [2.75, 3.05) is 25.0 Å². The van der Waals surface area contributed by atoms with E-state index in [1.807, 2.05) is 20.0 Å². The highest BCUT2D eigenvalue weighted by Gasteiger charge is 2.07. The Morgan fingerprint density at radius 1 is 1.26 bits per heavy atom. The number of anilines is 1. The quantitative estimate of drug-likeness (QED) is 0.783. The molecule has 0 amide bonds. The lowest BCUT2D eigenvalue weighted by molar-refractivity contribution is 0.295. The maximum absolute atomic E-state index is 4.50. The van der Waals surface area contributed by atoms with Gasteiger partial charge in [0.25, 0.3) is 0 Å². The predicted octanol–water partition coefficient (Wildman–Crippen LogP) is 3.02. The molecule has 1 heterocycles. The molecule has 108 valence electrons. The Balaban J connectivity index is 2.38. The number of aryl methyl sites for hydroxylation is 2. The Morgan fingerprint density at radius 3 is 2.58 bits per heavy atom. The Labute approximate surface area is 117 Å². The molecule has 0 aliphatic heterocycles. The van der Waals surface area contributed by atoms with Gasteiger partial charge in [-0.2, -0.15) is 0 Å². The lowest BCUT2D eigenvalue weighted by Crippen LogP contribution is -2.26. The second-order valence-corrected chi connectivity index (χ2v) is 5.16. The van der Waals surface area contributed by atoms with Gasteiger partial charge in [0, 0.05) is 12.2 Å². The molecule has 0 saturated heterocycles. The van der Waals surface area contributed by atoms with Crippen molar-refractivity contribution in [2.45, 2.75) is 53.5 Å². The first kappa shape index (κ1) is 15.9. The fraction of sp³-hybridized carbons (Fsp3) is 0.733. The number of rotatable bonds is 8. The predicted molar refractivity (Wildman–Crippen MR) is 81.6 cm³/mol. The van der Waals surface area contributed by atoms with Crippen molar-refractivity contribution >= 4 is 5.82 Å². The van der Waals surface area contributed by atoms with Gasteiger partial charge in [-0.3, -0.25) is 4.98 Å². The van der Waals surface area contributed by atoms with Crippen LogP contribution < -0.4 is 5.32 Å². The zero-order valence-corrected chi connectivity index (χ0v) is 13.0. The van der Waals surface area contributed by atoms with Crippen molar-refractivity contribution in [3.63, 3.8) is 0 Å². The van der Waals surface area contributed by atoms with Gasteiger partial charge in [0.15, 0.2) is 0 Å². The lowest BCUT2D eigenvalue weighted by Gasteiger charge is -2.20. The van der Waals surface area contributed by atoms with Crippen LogP contribution in [-0.4, -0.2) is 40.5 Å². The second kappa shape index (κ2) is 8.10. The third kappa shape index (κ3) is 5.55. The molecule has 4 heteroatoms. The molecule has 0 aliphatic carbocycles. The first-order valence-electron chi connectivity index (χ1n) is 7.35. The smallest absolute Gasteiger partial charge is 0.147 e. The van der Waals surface area contributed by atoms with E-state index in [1.54, 1.807) is 0 Å². The average molecular weight is 264 g/mol. The minimum absolute atomic E-state index is 0.436. The molecule has 1 aromatic heterocycles. The van der Waals surface area contributed by atoms with E-state index < -0.39 is 0 Å². The van der Waals surface area contributed by atoms with Crippen LogP contribution in [0.25, 0.3) is 0 Å². The largest absolute Gasteiger partial charge is 0.366 e. The molecule has 0 aliphatic rings. The van der Waals surface area contributed by atoms with Gasteiger partial charge in [-0.25, -0.2) is 4.98 Å². The molecule has 1 N–H and O–H groups in total. The Hall–Kier alpha value is -1.16. The Kier molecular flexibility index (Phi) is 6.78. The number of hydrogen-bond acceptors (Lipinski definition) is 4. The summed E-state index contributed by atoms with van der Waals surface area (Å²) in [7, 11) is 0. The van der Waals surface area contributed by atoms with Crippen molar-refractivity contribution in [1.29, 1.82) is 0 Å². The Morgan fingerprint density at radius 2 is 1.95 bits per heavy atom. The van der Waals surface area contributed by atoms with Gasteiger partial charge in [0.05, 0.1) is 11.4 Å². The van der Waals surface area contributed by atoms with Crippen LogP contribution in [0.5, 0.6) is 0 Å². The topological polar surface area (TPSA) is 41.0 Å². The van der Waals surface area contributed by atoms with Crippen molar-refractivity contribution in [3.8, 4) is 0 Å². The summed E-state index contributed by atoms with van der Waals surface area (Å²) >= 11 is 0. The van der Waals surface area contributed by atoms with Crippen LogP contribution >= 0.6 is 0 Å². The molecule has 0 unspecified atom stereocenters. The van der Waals surface area contributed by atoms with Crippen LogP contribution in [0, 0.1) is 13.8 Å². The zero-order valence-electron chi connectivity index (χ0n) is 13.0. The van der Waals surface area contributed by atoms with Gasteiger partial charge in [0.1, 0.15) is 5.82 Å². The molecule has 19 heavy (non-hydrogen) atoms. The van der Waals surface area contributed by atoms with Gasteiger partial charge in [-0.1, -0.05) is 13.8 Å². The summed E-state index contributed by atoms with van der Waals surface area (Å²) in [5.74, 6) is 0.926. The third-order valence-corrected chi connectivity index (χ3v) is 3.46. The van der Waals surface area contributed by atoms with Gasteiger partial charge in [-0.05, 0) is 53.2 Å². The van der Waals surface area contributed by atoms with Crippen LogP contribution in [-0.2, 0) is 0 Å². The zero-order chi connectivity index (χ0) is 14.3. The standard InChI is InChI=1S/C15H28N4/c1-6-19(7-2)10-8-9-12(3)17-15-14(5)16-11-13(4)18-15/h11-12H,6-10H2,1-5H3,(H,17,18)/t12-/m1/s1. The van der Waals surface area contributed by atoms with Crippen molar-refractivity contribution in [3.05, 3.63) is 17.6 Å². The fourth-order valence-electron chi connectivity index (χ4n) is 2.14. The summed E-state index contributed by atoms with van der Waals surface area (Å²) in [6.45, 7) is 14.1. The third-order valence-electron chi connectivity index (χ3n) is 3.46. The summed E-state index contributed by atoms with van der Waals surface area (Å²) in [5.41, 5.74) is 1.93. The van der Waals surface area contributed by atoms with Crippen LogP contribution in [0.3, 0.4) is 0 Å². The van der Waals surface area contributed by atoms with E-state index in [0.29, 0.717) is 6.04 Å². The first-order valence-corrected chi connectivity index (χ1v) is 7.35. The number of nitrogens with one attached hydrogen (secondary N) is 1. The van der Waals surface area contributed by atoms with Gasteiger partial charge >= 0.3 is 0 Å². The molecule has 1 rings (SSSR count). The van der Waals surface area contributed by atoms with E-state index in [1.165, 1.54) is 13.0 Å². The fourth-order valence-corrected chi connectivity index (χ4v) is 2.14. The van der Waals surface area contributed by atoms with Crippen molar-refractivity contribution in [1.82, 2.24) is 14.9 Å². The molecule has 1 atom stereocenters. The lowest BCUT2D eigenvalue weighted by atomic mass is 10.1. The molecule has 0 fully saturated rings. The second-order valence-electron chi connectivity index (χ2n) is 5.16. The van der Waals surface area contributed by atoms with Crippen molar-refractivity contribution < 1.29 is 0 Å². The van der Waals surface area contributed by atoms with E-state index in [-0.39, 0.29) is 0 Å². The molecular formula is C15H28N4. The maximum atomic E-state index is 4.50. The van der Waals surface area contributed by atoms with Crippen LogP contribution in [0.4, 0.5) is 5.82 Å². The Bertz CT molecular complexity index is 374. The van der Waals surface area contributed by atoms with E-state index in [4.69, 9.17) is 0 Å². The summed E-state index contributed by atoms with van der Waals surface area (Å²) in [5, 5.41) is 3.47. The van der Waals surface area contributed by atoms with Crippen LogP contribution in [0.1, 0.15) is 45.0 Å². The normalized spacial score (nSPS) is 12.7. The molecule has 1 aromatic rings. The first-order chi connectivity index (χ1) is 9.06. The number of nitrogens with zero attached hydrogens (tertiary/aromatic N) is 3. The van der Waals surface area contributed by atoms with E-state index >= 15 is 0 Å². The molecule has 0 aromatic carbocycles. The van der Waals surface area contributed by atoms with Gasteiger partial charge in [0.2, 0.25) is 0 Å². The van der Waals surface area contributed by atoms with Crippen molar-refractivity contribution in [2.24, 2.45) is 0 Å². The van der Waals surface area contributed by atoms with E-state index in [0.717, 1.165) is 36.7 Å². The molecule has 0 bridgehead atoms. The summed E-state index contributed by atoms with van der Waals surface area (Å²) < 4.78 is 0. The highest BCUT2D eigenvalue weighted by atomic mass is 15.1. The number of aromatic nitrogens is 2. The van der Waals surface area contributed by atoms with Gasteiger partial charge in [-0.15, -0.1) is 0 Å². The van der Waals surface area contributed by atoms with E-state index in [2.05, 4.69) is 41.0 Å². The maximum Gasteiger partial charge on any atom is 0.147 e. The molecule has 4 nitrogen and oxygen atoms in total. The SMILES string of the molecule is CCN(CC)CCC[C@@H](C)Nc1nc(C)cnc1C. The highest BCUT2D eigenvalue weighted by molar-refractivity contribution is 5.40.